The molecule has 2 atom stereocenters. The van der Waals surface area contributed by atoms with Crippen LogP contribution in [0.2, 0.25) is 0 Å². The molecule has 2 heterocycles. The van der Waals surface area contributed by atoms with Crippen LogP contribution in [0.3, 0.4) is 0 Å². The first-order chi connectivity index (χ1) is 15.4. The number of aliphatic hydroxyl groups is 1. The Morgan fingerprint density at radius 1 is 0.875 bits per heavy atom. The van der Waals surface area contributed by atoms with E-state index in [9.17, 15) is 24.3 Å². The molecule has 2 N–H and O–H groups in total. The molecule has 5 amide bonds. The van der Waals surface area contributed by atoms with Gasteiger partial charge in [-0.25, -0.2) is 4.79 Å². The number of fused-ring (bicyclic) bond motifs is 1. The quantitative estimate of drug-likeness (QED) is 0.489. The van der Waals surface area contributed by atoms with Gasteiger partial charge >= 0.3 is 6.03 Å². The van der Waals surface area contributed by atoms with Gasteiger partial charge in [0, 0.05) is 0 Å². The molecule has 2 aliphatic heterocycles. The number of nitrogens with one attached hydrogen (secondary N) is 1. The fraction of sp³-hybridized carbons (Fsp3) is 0.333. The maximum atomic E-state index is 13.4. The number of carbonyl (C=O) groups is 4. The molecular weight excluding hydrogens is 410 g/mol. The van der Waals surface area contributed by atoms with E-state index in [1.165, 1.54) is 0 Å². The number of β-amino-alcohol motifs (C(OH)–C–C–N with tert-alkyl or cyclic N) is 1. The Kier molecular flexibility index (Phi) is 5.80. The van der Waals surface area contributed by atoms with Gasteiger partial charge in [0.2, 0.25) is 0 Å². The van der Waals surface area contributed by atoms with Crippen molar-refractivity contribution in [1.29, 1.82) is 0 Å². The van der Waals surface area contributed by atoms with Gasteiger partial charge in [0.1, 0.15) is 5.54 Å². The highest BCUT2D eigenvalue weighted by atomic mass is 16.3. The van der Waals surface area contributed by atoms with Crippen molar-refractivity contribution in [1.82, 2.24) is 15.1 Å². The van der Waals surface area contributed by atoms with E-state index < -0.39 is 35.4 Å². The Hall–Kier alpha value is -3.52. The second-order valence-electron chi connectivity index (χ2n) is 8.14. The number of unbranched alkanes of at least 4 members (excludes halogenated alkanes) is 1. The van der Waals surface area contributed by atoms with E-state index in [-0.39, 0.29) is 24.2 Å². The molecule has 166 valence electrons. The van der Waals surface area contributed by atoms with E-state index in [4.69, 9.17) is 0 Å². The lowest BCUT2D eigenvalue weighted by Crippen LogP contribution is -2.46. The summed E-state index contributed by atoms with van der Waals surface area (Å²) in [6.07, 6.45) is 0.736. The van der Waals surface area contributed by atoms with Crippen LogP contribution in [0.1, 0.15) is 52.5 Å². The van der Waals surface area contributed by atoms with Crippen LogP contribution in [0, 0.1) is 0 Å². The first-order valence-electron chi connectivity index (χ1n) is 10.7. The summed E-state index contributed by atoms with van der Waals surface area (Å²) in [5, 5.41) is 13.4. The maximum Gasteiger partial charge on any atom is 0.325 e. The second-order valence-corrected chi connectivity index (χ2v) is 8.14. The normalized spacial score (nSPS) is 21.2. The first-order valence-corrected chi connectivity index (χ1v) is 10.7. The number of carbonyl (C=O) groups excluding carboxylic acids is 4. The van der Waals surface area contributed by atoms with Crippen molar-refractivity contribution in [3.8, 4) is 0 Å². The fourth-order valence-electron chi connectivity index (χ4n) is 4.35. The predicted molar refractivity (Wildman–Crippen MR) is 116 cm³/mol. The summed E-state index contributed by atoms with van der Waals surface area (Å²) in [7, 11) is 0. The number of aliphatic hydroxyl groups excluding tert-OH is 1. The molecule has 0 unspecified atom stereocenters. The van der Waals surface area contributed by atoms with Crippen molar-refractivity contribution < 1.29 is 24.3 Å². The number of hydrogen-bond donors (Lipinski definition) is 2. The van der Waals surface area contributed by atoms with Gasteiger partial charge in [-0.3, -0.25) is 24.2 Å². The zero-order valence-corrected chi connectivity index (χ0v) is 17.8. The summed E-state index contributed by atoms with van der Waals surface area (Å²) >= 11 is 0. The summed E-state index contributed by atoms with van der Waals surface area (Å²) in [6, 6.07) is 14.9. The number of urea groups is 1. The van der Waals surface area contributed by atoms with E-state index in [1.54, 1.807) is 36.4 Å². The SMILES string of the molecule is CCCC[C@]1(c2ccccc2)NC(=O)N(C[C@@H](O)CN2C(=O)c3ccccc3C2=O)C1=O. The Balaban J connectivity index is 1.51. The molecule has 0 bridgehead atoms. The summed E-state index contributed by atoms with van der Waals surface area (Å²) in [5.41, 5.74) is 0.0534. The summed E-state index contributed by atoms with van der Waals surface area (Å²) < 4.78 is 0. The lowest BCUT2D eigenvalue weighted by atomic mass is 9.85. The van der Waals surface area contributed by atoms with E-state index in [0.717, 1.165) is 22.6 Å². The molecule has 0 saturated carbocycles. The summed E-state index contributed by atoms with van der Waals surface area (Å²) in [5.74, 6) is -1.43. The number of benzene rings is 2. The van der Waals surface area contributed by atoms with Gasteiger partial charge in [-0.15, -0.1) is 0 Å². The minimum absolute atomic E-state index is 0.280. The number of hydrogen-bond acceptors (Lipinski definition) is 5. The van der Waals surface area contributed by atoms with Crippen LogP contribution in [0.15, 0.2) is 54.6 Å². The minimum Gasteiger partial charge on any atom is -0.389 e. The first kappa shape index (κ1) is 21.7. The highest BCUT2D eigenvalue weighted by Crippen LogP contribution is 2.34. The monoisotopic (exact) mass is 435 g/mol. The maximum absolute atomic E-state index is 13.4. The molecule has 0 spiro atoms. The minimum atomic E-state index is -1.27. The Morgan fingerprint density at radius 3 is 2.03 bits per heavy atom. The summed E-state index contributed by atoms with van der Waals surface area (Å²) in [4.78, 5) is 53.2. The van der Waals surface area contributed by atoms with Crippen molar-refractivity contribution in [2.24, 2.45) is 0 Å². The topological polar surface area (TPSA) is 107 Å². The van der Waals surface area contributed by atoms with Crippen molar-refractivity contribution in [3.63, 3.8) is 0 Å². The molecule has 2 aliphatic rings. The molecule has 0 aliphatic carbocycles. The molecule has 32 heavy (non-hydrogen) atoms. The van der Waals surface area contributed by atoms with Crippen LogP contribution in [0.25, 0.3) is 0 Å². The van der Waals surface area contributed by atoms with Crippen LogP contribution in [-0.2, 0) is 10.3 Å². The molecular formula is C24H25N3O5. The molecule has 8 heteroatoms. The molecule has 4 rings (SSSR count). The van der Waals surface area contributed by atoms with Gasteiger partial charge in [0.15, 0.2) is 0 Å². The zero-order valence-electron chi connectivity index (χ0n) is 17.8. The van der Waals surface area contributed by atoms with E-state index in [1.807, 2.05) is 25.1 Å². The number of nitrogens with zero attached hydrogens (tertiary/aromatic N) is 2. The molecule has 0 radical (unpaired) electrons. The van der Waals surface area contributed by atoms with Crippen LogP contribution < -0.4 is 5.32 Å². The lowest BCUT2D eigenvalue weighted by Gasteiger charge is -2.28. The molecule has 2 aromatic rings. The van der Waals surface area contributed by atoms with Gasteiger partial charge in [-0.05, 0) is 24.1 Å². The standard InChI is InChI=1S/C24H25N3O5/c1-2-3-13-24(16-9-5-4-6-10-16)22(31)27(23(32)25-24)15-17(28)14-26-20(29)18-11-7-8-12-19(18)21(26)30/h4-12,17,28H,2-3,13-15H2,1H3,(H,25,32)/t17-,24+/m0/s1. The van der Waals surface area contributed by atoms with Gasteiger partial charge in [0.05, 0.1) is 30.3 Å². The van der Waals surface area contributed by atoms with E-state index >= 15 is 0 Å². The van der Waals surface area contributed by atoms with Crippen LogP contribution in [0.5, 0.6) is 0 Å². The highest BCUT2D eigenvalue weighted by molar-refractivity contribution is 6.21. The second kappa shape index (κ2) is 8.55. The molecule has 0 aromatic heterocycles. The zero-order chi connectivity index (χ0) is 22.9. The highest BCUT2D eigenvalue weighted by Gasteiger charge is 2.52. The van der Waals surface area contributed by atoms with Gasteiger partial charge in [-0.2, -0.15) is 0 Å². The van der Waals surface area contributed by atoms with Crippen LogP contribution >= 0.6 is 0 Å². The number of amides is 5. The van der Waals surface area contributed by atoms with Crippen LogP contribution in [0.4, 0.5) is 4.79 Å². The molecule has 8 nitrogen and oxygen atoms in total. The Bertz CT molecular complexity index is 1040. The average molecular weight is 435 g/mol. The third-order valence-corrected chi connectivity index (χ3v) is 6.01. The van der Waals surface area contributed by atoms with E-state index in [0.29, 0.717) is 12.0 Å². The van der Waals surface area contributed by atoms with Gasteiger partial charge in [0.25, 0.3) is 17.7 Å². The molecule has 2 aromatic carbocycles. The van der Waals surface area contributed by atoms with Gasteiger partial charge < -0.3 is 10.4 Å². The predicted octanol–water partition coefficient (Wildman–Crippen LogP) is 2.28. The number of rotatable bonds is 8. The fourth-order valence-corrected chi connectivity index (χ4v) is 4.35. The van der Waals surface area contributed by atoms with E-state index in [2.05, 4.69) is 5.32 Å². The van der Waals surface area contributed by atoms with Crippen molar-refractivity contribution in [2.45, 2.75) is 37.8 Å². The van der Waals surface area contributed by atoms with Crippen LogP contribution in [-0.4, -0.2) is 57.9 Å². The van der Waals surface area contributed by atoms with Gasteiger partial charge in [-0.1, -0.05) is 62.2 Å². The smallest absolute Gasteiger partial charge is 0.325 e. The molecule has 1 saturated heterocycles. The van der Waals surface area contributed by atoms with Crippen molar-refractivity contribution in [3.05, 3.63) is 71.3 Å². The Morgan fingerprint density at radius 2 is 1.44 bits per heavy atom. The van der Waals surface area contributed by atoms with Crippen molar-refractivity contribution >= 4 is 23.8 Å². The molecule has 1 fully saturated rings. The largest absolute Gasteiger partial charge is 0.389 e. The summed E-state index contributed by atoms with van der Waals surface area (Å²) in [6.45, 7) is 1.37. The Labute approximate surface area is 185 Å². The lowest BCUT2D eigenvalue weighted by molar-refractivity contribution is -0.133. The third kappa shape index (κ3) is 3.56. The van der Waals surface area contributed by atoms with Crippen molar-refractivity contribution in [2.75, 3.05) is 13.1 Å². The average Bonchev–Trinajstić information content (AvgIpc) is 3.19. The third-order valence-electron chi connectivity index (χ3n) is 6.01. The number of imide groups is 2.